The van der Waals surface area contributed by atoms with Crippen molar-refractivity contribution in [3.63, 3.8) is 0 Å². The zero-order valence-corrected chi connectivity index (χ0v) is 10.5. The van der Waals surface area contributed by atoms with E-state index in [0.717, 1.165) is 28.2 Å². The molecule has 0 N–H and O–H groups in total. The fourth-order valence-corrected chi connectivity index (χ4v) is 1.68. The molecule has 1 nitrogen and oxygen atoms in total. The topological polar surface area (TPSA) is 9.23 Å². The second-order valence-corrected chi connectivity index (χ2v) is 4.15. The van der Waals surface area contributed by atoms with E-state index >= 15 is 0 Å². The van der Waals surface area contributed by atoms with Gasteiger partial charge >= 0.3 is 0 Å². The first-order chi connectivity index (χ1) is 8.70. The Hall–Kier alpha value is -2.28. The third-order valence-electron chi connectivity index (χ3n) is 2.71. The predicted molar refractivity (Wildman–Crippen MR) is 77.8 cm³/mol. The van der Waals surface area contributed by atoms with Gasteiger partial charge in [0.1, 0.15) is 11.5 Å². The monoisotopic (exact) mass is 236 g/mol. The summed E-state index contributed by atoms with van der Waals surface area (Å²) < 4.78 is 5.83. The Balaban J connectivity index is 2.23. The summed E-state index contributed by atoms with van der Waals surface area (Å²) in [4.78, 5) is 0. The second kappa shape index (κ2) is 5.37. The normalized spacial score (nSPS) is 9.83. The van der Waals surface area contributed by atoms with Crippen molar-refractivity contribution >= 4 is 11.6 Å². The van der Waals surface area contributed by atoms with Crippen molar-refractivity contribution < 1.29 is 4.74 Å². The quantitative estimate of drug-likeness (QED) is 0.712. The number of para-hydroxylation sites is 1. The van der Waals surface area contributed by atoms with E-state index in [0.29, 0.717) is 0 Å². The van der Waals surface area contributed by atoms with Crippen LogP contribution < -0.4 is 4.74 Å². The molecule has 2 aromatic carbocycles. The summed E-state index contributed by atoms with van der Waals surface area (Å²) in [6.45, 7) is 9.68. The molecule has 0 amide bonds. The third-order valence-corrected chi connectivity index (χ3v) is 2.71. The van der Waals surface area contributed by atoms with Gasteiger partial charge in [-0.15, -0.1) is 0 Å². The van der Waals surface area contributed by atoms with Crippen LogP contribution in [-0.4, -0.2) is 0 Å². The maximum Gasteiger partial charge on any atom is 0.134 e. The molecule has 0 unspecified atom stereocenters. The van der Waals surface area contributed by atoms with Crippen LogP contribution in [0.2, 0.25) is 0 Å². The minimum absolute atomic E-state index is 0.814. The Labute approximate surface area is 108 Å². The van der Waals surface area contributed by atoms with Crippen molar-refractivity contribution in [2.45, 2.75) is 6.92 Å². The number of rotatable bonds is 4. The summed E-state index contributed by atoms with van der Waals surface area (Å²) in [5.41, 5.74) is 3.16. The van der Waals surface area contributed by atoms with Crippen molar-refractivity contribution in [2.24, 2.45) is 0 Å². The zero-order valence-electron chi connectivity index (χ0n) is 10.5. The minimum atomic E-state index is 0.814. The van der Waals surface area contributed by atoms with Gasteiger partial charge in [-0.2, -0.15) is 0 Å². The lowest BCUT2D eigenvalue weighted by Crippen LogP contribution is -1.87. The molecule has 0 saturated heterocycles. The van der Waals surface area contributed by atoms with E-state index in [1.807, 2.05) is 55.5 Å². The molecule has 0 fully saturated rings. The highest BCUT2D eigenvalue weighted by molar-refractivity contribution is 5.62. The lowest BCUT2D eigenvalue weighted by atomic mass is 10.1. The van der Waals surface area contributed by atoms with E-state index in [1.165, 1.54) is 0 Å². The van der Waals surface area contributed by atoms with Crippen LogP contribution in [0, 0.1) is 0 Å². The van der Waals surface area contributed by atoms with E-state index in [9.17, 15) is 0 Å². The van der Waals surface area contributed by atoms with E-state index in [-0.39, 0.29) is 0 Å². The molecule has 0 aliphatic carbocycles. The Bertz CT molecular complexity index is 564. The summed E-state index contributed by atoms with van der Waals surface area (Å²) in [7, 11) is 0. The van der Waals surface area contributed by atoms with Crippen LogP contribution in [0.4, 0.5) is 0 Å². The van der Waals surface area contributed by atoms with E-state index < -0.39 is 0 Å². The van der Waals surface area contributed by atoms with Crippen LogP contribution in [-0.2, 0) is 0 Å². The first kappa shape index (κ1) is 12.2. The van der Waals surface area contributed by atoms with Crippen molar-refractivity contribution in [2.75, 3.05) is 0 Å². The molecule has 18 heavy (non-hydrogen) atoms. The highest BCUT2D eigenvalue weighted by Crippen LogP contribution is 2.26. The first-order valence-electron chi connectivity index (χ1n) is 5.86. The SMILES string of the molecule is C=Cc1ccccc1Oc1ccc(C(=C)C)cc1. The molecule has 0 atom stereocenters. The highest BCUT2D eigenvalue weighted by Gasteiger charge is 2.01. The van der Waals surface area contributed by atoms with Crippen LogP contribution in [0.3, 0.4) is 0 Å². The summed E-state index contributed by atoms with van der Waals surface area (Å²) >= 11 is 0. The molecule has 1 heteroatoms. The molecule has 2 rings (SSSR count). The van der Waals surface area contributed by atoms with Gasteiger partial charge in [0.25, 0.3) is 0 Å². The zero-order chi connectivity index (χ0) is 13.0. The molecule has 0 heterocycles. The molecular formula is C17H16O. The van der Waals surface area contributed by atoms with Crippen LogP contribution in [0.1, 0.15) is 18.1 Å². The van der Waals surface area contributed by atoms with Gasteiger partial charge in [-0.25, -0.2) is 0 Å². The molecule has 0 bridgehead atoms. The lowest BCUT2D eigenvalue weighted by Gasteiger charge is -2.09. The molecule has 0 aliphatic rings. The molecule has 2 aromatic rings. The summed E-state index contributed by atoms with van der Waals surface area (Å²) in [6.07, 6.45) is 1.79. The number of allylic oxidation sites excluding steroid dienone is 1. The average Bonchev–Trinajstić information content (AvgIpc) is 2.40. The van der Waals surface area contributed by atoms with Gasteiger partial charge in [0.15, 0.2) is 0 Å². The third kappa shape index (κ3) is 2.69. The molecule has 90 valence electrons. The molecule has 0 spiro atoms. The van der Waals surface area contributed by atoms with Gasteiger partial charge in [0.2, 0.25) is 0 Å². The van der Waals surface area contributed by atoms with Gasteiger partial charge in [-0.3, -0.25) is 0 Å². The van der Waals surface area contributed by atoms with Gasteiger partial charge in [-0.05, 0) is 30.7 Å². The van der Waals surface area contributed by atoms with Crippen molar-refractivity contribution in [3.05, 3.63) is 72.8 Å². The van der Waals surface area contributed by atoms with Gasteiger partial charge in [0, 0.05) is 5.56 Å². The van der Waals surface area contributed by atoms with E-state index in [4.69, 9.17) is 4.74 Å². The number of hydrogen-bond donors (Lipinski definition) is 0. The highest BCUT2D eigenvalue weighted by atomic mass is 16.5. The van der Waals surface area contributed by atoms with Gasteiger partial charge in [-0.1, -0.05) is 55.1 Å². The average molecular weight is 236 g/mol. The first-order valence-corrected chi connectivity index (χ1v) is 5.86. The summed E-state index contributed by atoms with van der Waals surface area (Å²) in [6, 6.07) is 15.7. The van der Waals surface area contributed by atoms with Crippen LogP contribution in [0.5, 0.6) is 11.5 Å². The Morgan fingerprint density at radius 2 is 1.72 bits per heavy atom. The van der Waals surface area contributed by atoms with E-state index in [2.05, 4.69) is 13.2 Å². The predicted octanol–water partition coefficient (Wildman–Crippen LogP) is 5.16. The summed E-state index contributed by atoms with van der Waals surface area (Å²) in [5, 5.41) is 0. The molecule has 0 aromatic heterocycles. The number of benzene rings is 2. The van der Waals surface area contributed by atoms with Gasteiger partial charge in [0.05, 0.1) is 0 Å². The summed E-state index contributed by atoms with van der Waals surface area (Å²) in [5.74, 6) is 1.63. The lowest BCUT2D eigenvalue weighted by molar-refractivity contribution is 0.481. The second-order valence-electron chi connectivity index (χ2n) is 4.15. The van der Waals surface area contributed by atoms with Crippen molar-refractivity contribution in [1.29, 1.82) is 0 Å². The minimum Gasteiger partial charge on any atom is -0.457 e. The maximum absolute atomic E-state index is 5.83. The Morgan fingerprint density at radius 3 is 2.33 bits per heavy atom. The number of hydrogen-bond acceptors (Lipinski definition) is 1. The molecule has 0 radical (unpaired) electrons. The van der Waals surface area contributed by atoms with Crippen molar-refractivity contribution in [1.82, 2.24) is 0 Å². The molecule has 0 saturated carbocycles. The fraction of sp³-hybridized carbons (Fsp3) is 0.0588. The van der Waals surface area contributed by atoms with E-state index in [1.54, 1.807) is 6.08 Å². The number of ether oxygens (including phenoxy) is 1. The van der Waals surface area contributed by atoms with Crippen LogP contribution in [0.25, 0.3) is 11.6 Å². The van der Waals surface area contributed by atoms with Crippen molar-refractivity contribution in [3.8, 4) is 11.5 Å². The Kier molecular flexibility index (Phi) is 3.63. The largest absolute Gasteiger partial charge is 0.457 e. The molecule has 0 aliphatic heterocycles. The maximum atomic E-state index is 5.83. The standard InChI is InChI=1S/C17H16O/c1-4-14-7-5-6-8-17(14)18-16-11-9-15(10-12-16)13(2)3/h4-12H,1-2H2,3H3. The fourth-order valence-electron chi connectivity index (χ4n) is 1.68. The molecular weight excluding hydrogens is 220 g/mol. The van der Waals surface area contributed by atoms with Crippen LogP contribution >= 0.6 is 0 Å². The Morgan fingerprint density at radius 1 is 1.06 bits per heavy atom. The van der Waals surface area contributed by atoms with Gasteiger partial charge < -0.3 is 4.74 Å². The smallest absolute Gasteiger partial charge is 0.134 e. The van der Waals surface area contributed by atoms with Crippen LogP contribution in [0.15, 0.2) is 61.7 Å².